The van der Waals surface area contributed by atoms with Crippen LogP contribution in [0.1, 0.15) is 12.1 Å². The minimum atomic E-state index is -0.539. The van der Waals surface area contributed by atoms with Crippen molar-refractivity contribution in [3.8, 4) is 0 Å². The molecule has 0 aromatic carbocycles. The summed E-state index contributed by atoms with van der Waals surface area (Å²) in [7, 11) is 1.53. The monoisotopic (exact) mass is 283 g/mol. The smallest absolute Gasteiger partial charge is 0.226 e. The zero-order valence-corrected chi connectivity index (χ0v) is 11.5. The first-order chi connectivity index (χ1) is 9.19. The van der Waals surface area contributed by atoms with E-state index < -0.39 is 6.10 Å². The summed E-state index contributed by atoms with van der Waals surface area (Å²) in [5, 5.41) is 14.1. The Morgan fingerprint density at radius 2 is 2.53 bits per heavy atom. The molecule has 1 amide bonds. The van der Waals surface area contributed by atoms with Gasteiger partial charge in [0.2, 0.25) is 5.91 Å². The van der Waals surface area contributed by atoms with Crippen molar-refractivity contribution in [2.75, 3.05) is 20.3 Å². The highest BCUT2D eigenvalue weighted by atomic mass is 32.1. The molecule has 2 rings (SSSR count). The van der Waals surface area contributed by atoms with Crippen LogP contribution in [0.3, 0.4) is 0 Å². The van der Waals surface area contributed by atoms with E-state index in [9.17, 15) is 9.90 Å². The van der Waals surface area contributed by atoms with Crippen molar-refractivity contribution in [3.63, 3.8) is 0 Å². The summed E-state index contributed by atoms with van der Waals surface area (Å²) in [6, 6.07) is 0. The summed E-state index contributed by atoms with van der Waals surface area (Å²) in [4.78, 5) is 16.9. The number of nitrogens with one attached hydrogen (secondary N) is 1. The molecule has 1 atom stereocenters. The van der Waals surface area contributed by atoms with Crippen LogP contribution < -0.4 is 5.32 Å². The number of aliphatic hydroxyl groups is 1. The summed E-state index contributed by atoms with van der Waals surface area (Å²) in [5.41, 5.74) is 0.752. The Morgan fingerprint density at radius 3 is 3.26 bits per heavy atom. The number of rotatable bonds is 7. The normalized spacial score (nSPS) is 12.7. The van der Waals surface area contributed by atoms with E-state index in [0.29, 0.717) is 13.0 Å². The molecule has 7 heteroatoms. The lowest BCUT2D eigenvalue weighted by Crippen LogP contribution is -2.29. The van der Waals surface area contributed by atoms with Crippen molar-refractivity contribution in [2.24, 2.45) is 0 Å². The molecular formula is C12H17N3O3S. The molecule has 6 nitrogen and oxygen atoms in total. The third-order valence-electron chi connectivity index (χ3n) is 2.64. The number of amides is 1. The molecule has 0 saturated heterocycles. The Bertz CT molecular complexity index is 509. The number of hydrogen-bond donors (Lipinski definition) is 2. The highest BCUT2D eigenvalue weighted by Gasteiger charge is 2.09. The van der Waals surface area contributed by atoms with E-state index in [-0.39, 0.29) is 18.9 Å². The Balaban J connectivity index is 1.73. The van der Waals surface area contributed by atoms with Crippen LogP contribution >= 0.6 is 11.3 Å². The van der Waals surface area contributed by atoms with Crippen molar-refractivity contribution in [1.29, 1.82) is 0 Å². The highest BCUT2D eigenvalue weighted by molar-refractivity contribution is 7.15. The van der Waals surface area contributed by atoms with Crippen LogP contribution in [-0.2, 0) is 16.0 Å². The maximum Gasteiger partial charge on any atom is 0.226 e. The Hall–Kier alpha value is -1.44. The number of aromatic nitrogens is 2. The second-order valence-electron chi connectivity index (χ2n) is 4.25. The topological polar surface area (TPSA) is 75.9 Å². The molecule has 0 spiro atoms. The van der Waals surface area contributed by atoms with Gasteiger partial charge in [-0.15, -0.1) is 11.3 Å². The number of imidazole rings is 1. The zero-order chi connectivity index (χ0) is 13.7. The Labute approximate surface area is 115 Å². The molecule has 0 aliphatic carbocycles. The van der Waals surface area contributed by atoms with Gasteiger partial charge in [0.15, 0.2) is 4.96 Å². The van der Waals surface area contributed by atoms with Gasteiger partial charge in [-0.1, -0.05) is 0 Å². The van der Waals surface area contributed by atoms with Crippen LogP contribution in [-0.4, -0.2) is 46.8 Å². The average molecular weight is 283 g/mol. The molecule has 2 aromatic rings. The van der Waals surface area contributed by atoms with Crippen LogP contribution in [0.4, 0.5) is 0 Å². The van der Waals surface area contributed by atoms with Gasteiger partial charge in [-0.25, -0.2) is 4.98 Å². The largest absolute Gasteiger partial charge is 0.391 e. The van der Waals surface area contributed by atoms with Gasteiger partial charge < -0.3 is 15.2 Å². The molecule has 0 radical (unpaired) electrons. The van der Waals surface area contributed by atoms with E-state index in [1.165, 1.54) is 18.4 Å². The van der Waals surface area contributed by atoms with E-state index in [2.05, 4.69) is 10.3 Å². The maximum atomic E-state index is 11.7. The summed E-state index contributed by atoms with van der Waals surface area (Å²) in [6.45, 7) is 0.721. The molecule has 2 heterocycles. The minimum Gasteiger partial charge on any atom is -0.391 e. The van der Waals surface area contributed by atoms with Crippen molar-refractivity contribution < 1.29 is 14.6 Å². The third-order valence-corrected chi connectivity index (χ3v) is 3.41. The van der Waals surface area contributed by atoms with E-state index >= 15 is 0 Å². The standard InChI is InChI=1S/C12H17N3O3S/c1-18-8-10(16)2-3-13-11(17)6-9-7-15-4-5-19-12(15)14-9/h4-5,7,10,16H,2-3,6,8H2,1H3,(H,13,17). The van der Waals surface area contributed by atoms with Gasteiger partial charge in [0.1, 0.15) is 0 Å². The number of carbonyl (C=O) groups is 1. The number of fused-ring (bicyclic) bond motifs is 1. The molecule has 1 unspecified atom stereocenters. The Kier molecular flexibility index (Phi) is 4.89. The molecule has 2 aromatic heterocycles. The molecule has 2 N–H and O–H groups in total. The van der Waals surface area contributed by atoms with Gasteiger partial charge in [-0.05, 0) is 6.42 Å². The van der Waals surface area contributed by atoms with Gasteiger partial charge in [-0.3, -0.25) is 9.20 Å². The van der Waals surface area contributed by atoms with E-state index in [1.54, 1.807) is 0 Å². The highest BCUT2D eigenvalue weighted by Crippen LogP contribution is 2.11. The van der Waals surface area contributed by atoms with E-state index in [0.717, 1.165) is 10.7 Å². The molecule has 0 aliphatic rings. The van der Waals surface area contributed by atoms with Gasteiger partial charge >= 0.3 is 0 Å². The molecule has 0 saturated carbocycles. The van der Waals surface area contributed by atoms with Crippen molar-refractivity contribution in [1.82, 2.24) is 14.7 Å². The number of thiazole rings is 1. The van der Waals surface area contributed by atoms with Crippen LogP contribution in [0.25, 0.3) is 4.96 Å². The second kappa shape index (κ2) is 6.65. The number of aliphatic hydroxyl groups excluding tert-OH is 1. The number of methoxy groups -OCH3 is 1. The van der Waals surface area contributed by atoms with Crippen molar-refractivity contribution in [2.45, 2.75) is 18.9 Å². The van der Waals surface area contributed by atoms with Gasteiger partial charge in [-0.2, -0.15) is 0 Å². The molecule has 0 aliphatic heterocycles. The molecule has 0 fully saturated rings. The number of hydrogen-bond acceptors (Lipinski definition) is 5. The predicted molar refractivity (Wildman–Crippen MR) is 72.3 cm³/mol. The Morgan fingerprint density at radius 1 is 1.68 bits per heavy atom. The van der Waals surface area contributed by atoms with Gasteiger partial charge in [0, 0.05) is 31.4 Å². The SMILES string of the molecule is COCC(O)CCNC(=O)Cc1cn2ccsc2n1. The first-order valence-electron chi connectivity index (χ1n) is 6.04. The van der Waals surface area contributed by atoms with Crippen LogP contribution in [0, 0.1) is 0 Å². The van der Waals surface area contributed by atoms with Crippen LogP contribution in [0.2, 0.25) is 0 Å². The predicted octanol–water partition coefficient (Wildman–Crippen LogP) is 0.452. The lowest BCUT2D eigenvalue weighted by Gasteiger charge is -2.09. The quantitative estimate of drug-likeness (QED) is 0.773. The van der Waals surface area contributed by atoms with Crippen LogP contribution in [0.15, 0.2) is 17.8 Å². The lowest BCUT2D eigenvalue weighted by molar-refractivity contribution is -0.120. The number of nitrogens with zero attached hydrogens (tertiary/aromatic N) is 2. The van der Waals surface area contributed by atoms with Gasteiger partial charge in [0.25, 0.3) is 0 Å². The maximum absolute atomic E-state index is 11.7. The van der Waals surface area contributed by atoms with Crippen molar-refractivity contribution in [3.05, 3.63) is 23.5 Å². The van der Waals surface area contributed by atoms with Gasteiger partial charge in [0.05, 0.1) is 24.8 Å². The fourth-order valence-corrected chi connectivity index (χ4v) is 2.46. The summed E-state index contributed by atoms with van der Waals surface area (Å²) in [5.74, 6) is -0.0876. The fourth-order valence-electron chi connectivity index (χ4n) is 1.74. The number of ether oxygens (including phenoxy) is 1. The minimum absolute atomic E-state index is 0.0876. The molecule has 104 valence electrons. The zero-order valence-electron chi connectivity index (χ0n) is 10.7. The van der Waals surface area contributed by atoms with E-state index in [1.807, 2.05) is 22.2 Å². The van der Waals surface area contributed by atoms with Crippen LogP contribution in [0.5, 0.6) is 0 Å². The second-order valence-corrected chi connectivity index (χ2v) is 5.12. The average Bonchev–Trinajstić information content (AvgIpc) is 2.89. The first kappa shape index (κ1) is 14.0. The lowest BCUT2D eigenvalue weighted by atomic mass is 10.2. The molecule has 0 bridgehead atoms. The fraction of sp³-hybridized carbons (Fsp3) is 0.500. The summed E-state index contributed by atoms with van der Waals surface area (Å²) < 4.78 is 6.71. The number of carbonyl (C=O) groups excluding carboxylic acids is 1. The third kappa shape index (κ3) is 4.02. The molecule has 19 heavy (non-hydrogen) atoms. The summed E-state index contributed by atoms with van der Waals surface area (Å²) >= 11 is 1.54. The molecular weight excluding hydrogens is 266 g/mol. The van der Waals surface area contributed by atoms with E-state index in [4.69, 9.17) is 4.74 Å². The first-order valence-corrected chi connectivity index (χ1v) is 6.92. The van der Waals surface area contributed by atoms with Crippen molar-refractivity contribution >= 4 is 22.2 Å². The summed E-state index contributed by atoms with van der Waals surface area (Å²) in [6.07, 6.45) is 3.97.